The van der Waals surface area contributed by atoms with E-state index in [1.807, 2.05) is 20.8 Å². The lowest BCUT2D eigenvalue weighted by molar-refractivity contribution is -0.137. The highest BCUT2D eigenvalue weighted by Gasteiger charge is 2.39. The van der Waals surface area contributed by atoms with Gasteiger partial charge < -0.3 is 4.55 Å². The zero-order chi connectivity index (χ0) is 15.8. The molecule has 0 aliphatic heterocycles. The number of hydrogen-bond acceptors (Lipinski definition) is 2. The molecule has 0 bridgehead atoms. The second-order valence-corrected chi connectivity index (χ2v) is 8.43. The SMILES string of the molecule is CC(C)(C)[S+]([O-])NC(c1ccc(C(F)(F)F)cc1)C1CC1. The van der Waals surface area contributed by atoms with Gasteiger partial charge in [-0.05, 0) is 57.2 Å². The predicted molar refractivity (Wildman–Crippen MR) is 77.9 cm³/mol. The lowest BCUT2D eigenvalue weighted by Crippen LogP contribution is -2.41. The summed E-state index contributed by atoms with van der Waals surface area (Å²) in [5, 5.41) is 0. The van der Waals surface area contributed by atoms with E-state index in [4.69, 9.17) is 0 Å². The Bertz CT molecular complexity index is 477. The lowest BCUT2D eigenvalue weighted by atomic mass is 10.0. The molecular formula is C15H20F3NOS. The van der Waals surface area contributed by atoms with E-state index >= 15 is 0 Å². The normalized spacial score (nSPS) is 19.4. The summed E-state index contributed by atoms with van der Waals surface area (Å²) in [6.45, 7) is 5.60. The Morgan fingerprint density at radius 3 is 2.05 bits per heavy atom. The highest BCUT2D eigenvalue weighted by atomic mass is 32.2. The largest absolute Gasteiger partial charge is 0.598 e. The Morgan fingerprint density at radius 2 is 1.67 bits per heavy atom. The van der Waals surface area contributed by atoms with Crippen molar-refractivity contribution in [3.8, 4) is 0 Å². The maximum Gasteiger partial charge on any atom is 0.416 e. The molecule has 6 heteroatoms. The van der Waals surface area contributed by atoms with E-state index in [-0.39, 0.29) is 6.04 Å². The van der Waals surface area contributed by atoms with E-state index in [9.17, 15) is 17.7 Å². The zero-order valence-electron chi connectivity index (χ0n) is 12.3. The van der Waals surface area contributed by atoms with Crippen molar-refractivity contribution in [2.45, 2.75) is 50.6 Å². The Morgan fingerprint density at radius 1 is 1.14 bits per heavy atom. The van der Waals surface area contributed by atoms with Crippen LogP contribution < -0.4 is 4.72 Å². The second kappa shape index (κ2) is 5.82. The van der Waals surface area contributed by atoms with E-state index in [0.717, 1.165) is 30.5 Å². The predicted octanol–water partition coefficient (Wildman–Crippen LogP) is 4.21. The van der Waals surface area contributed by atoms with Crippen molar-refractivity contribution in [1.29, 1.82) is 0 Å². The van der Waals surface area contributed by atoms with Crippen LogP contribution in [0.4, 0.5) is 13.2 Å². The second-order valence-electron chi connectivity index (χ2n) is 6.43. The minimum atomic E-state index is -4.32. The molecule has 2 atom stereocenters. The third-order valence-corrected chi connectivity index (χ3v) is 5.06. The van der Waals surface area contributed by atoms with Crippen LogP contribution in [0.2, 0.25) is 0 Å². The van der Waals surface area contributed by atoms with Gasteiger partial charge in [0.15, 0.2) is 0 Å². The molecule has 1 aromatic carbocycles. The van der Waals surface area contributed by atoms with Crippen molar-refractivity contribution in [2.24, 2.45) is 5.92 Å². The molecule has 0 amide bonds. The third kappa shape index (κ3) is 4.37. The average Bonchev–Trinajstić information content (AvgIpc) is 3.17. The van der Waals surface area contributed by atoms with Crippen molar-refractivity contribution in [3.63, 3.8) is 0 Å². The standard InChI is InChI=1S/C15H20F3NOS/c1-14(2,3)21(20)19-13(10-4-5-10)11-6-8-12(9-7-11)15(16,17)18/h6-10,13,19H,4-5H2,1-3H3. The van der Waals surface area contributed by atoms with Crippen LogP contribution >= 0.6 is 0 Å². The Hall–Kier alpha value is -0.720. The van der Waals surface area contributed by atoms with Gasteiger partial charge >= 0.3 is 6.18 Å². The van der Waals surface area contributed by atoms with Gasteiger partial charge in [-0.3, -0.25) is 0 Å². The van der Waals surface area contributed by atoms with E-state index in [1.165, 1.54) is 12.1 Å². The van der Waals surface area contributed by atoms with Gasteiger partial charge in [0.1, 0.15) is 4.75 Å². The van der Waals surface area contributed by atoms with Crippen LogP contribution in [0.25, 0.3) is 0 Å². The summed E-state index contributed by atoms with van der Waals surface area (Å²) in [6.07, 6.45) is -2.30. The fourth-order valence-electron chi connectivity index (χ4n) is 2.04. The first-order valence-corrected chi connectivity index (χ1v) is 8.09. The van der Waals surface area contributed by atoms with Gasteiger partial charge in [-0.2, -0.15) is 13.2 Å². The van der Waals surface area contributed by atoms with Crippen LogP contribution in [0.5, 0.6) is 0 Å². The molecular weight excluding hydrogens is 299 g/mol. The summed E-state index contributed by atoms with van der Waals surface area (Å²) in [5.41, 5.74) is 0.112. The van der Waals surface area contributed by atoms with Gasteiger partial charge in [-0.25, -0.2) is 0 Å². The number of hydrogen-bond donors (Lipinski definition) is 1. The van der Waals surface area contributed by atoms with E-state index in [1.54, 1.807) is 0 Å². The van der Waals surface area contributed by atoms with Crippen LogP contribution in [0.1, 0.15) is 50.8 Å². The molecule has 21 heavy (non-hydrogen) atoms. The van der Waals surface area contributed by atoms with Crippen LogP contribution in [-0.2, 0) is 17.5 Å². The minimum Gasteiger partial charge on any atom is -0.598 e. The molecule has 1 aliphatic carbocycles. The van der Waals surface area contributed by atoms with E-state index in [2.05, 4.69) is 4.72 Å². The molecule has 1 aromatic rings. The molecule has 118 valence electrons. The van der Waals surface area contributed by atoms with Crippen molar-refractivity contribution >= 4 is 11.4 Å². The van der Waals surface area contributed by atoms with Crippen molar-refractivity contribution < 1.29 is 17.7 Å². The summed E-state index contributed by atoms with van der Waals surface area (Å²) in [7, 11) is 0. The van der Waals surface area contributed by atoms with Crippen LogP contribution in [0.3, 0.4) is 0 Å². The number of nitrogens with one attached hydrogen (secondary N) is 1. The molecule has 0 saturated heterocycles. The lowest BCUT2D eigenvalue weighted by Gasteiger charge is -2.28. The minimum absolute atomic E-state index is 0.146. The fourth-order valence-corrected chi connectivity index (χ4v) is 2.95. The Labute approximate surface area is 126 Å². The molecule has 1 saturated carbocycles. The highest BCUT2D eigenvalue weighted by Crippen LogP contribution is 2.42. The summed E-state index contributed by atoms with van der Waals surface area (Å²) in [4.78, 5) is 0. The van der Waals surface area contributed by atoms with E-state index in [0.29, 0.717) is 5.92 Å². The first-order chi connectivity index (χ1) is 9.59. The average molecular weight is 319 g/mol. The van der Waals surface area contributed by atoms with Gasteiger partial charge in [0.25, 0.3) is 0 Å². The number of rotatable bonds is 4. The summed E-state index contributed by atoms with van der Waals surface area (Å²) < 4.78 is 52.7. The third-order valence-electron chi connectivity index (χ3n) is 3.48. The fraction of sp³-hybridized carbons (Fsp3) is 0.600. The quantitative estimate of drug-likeness (QED) is 0.844. The molecule has 2 rings (SSSR count). The molecule has 1 fully saturated rings. The molecule has 0 spiro atoms. The molecule has 2 nitrogen and oxygen atoms in total. The van der Waals surface area contributed by atoms with Crippen molar-refractivity contribution in [2.75, 3.05) is 0 Å². The summed E-state index contributed by atoms with van der Waals surface area (Å²) in [6, 6.07) is 5.00. The van der Waals surface area contributed by atoms with Crippen LogP contribution in [0, 0.1) is 5.92 Å². The van der Waals surface area contributed by atoms with Gasteiger partial charge in [0.2, 0.25) is 0 Å². The number of halogens is 3. The zero-order valence-corrected chi connectivity index (χ0v) is 13.1. The molecule has 1 N–H and O–H groups in total. The Balaban J connectivity index is 2.16. The molecule has 0 heterocycles. The summed E-state index contributed by atoms with van der Waals surface area (Å²) >= 11 is -1.24. The molecule has 0 radical (unpaired) electrons. The topological polar surface area (TPSA) is 35.1 Å². The maximum atomic E-state index is 12.6. The van der Waals surface area contributed by atoms with Crippen LogP contribution in [-0.4, -0.2) is 9.30 Å². The van der Waals surface area contributed by atoms with Gasteiger partial charge in [0, 0.05) is 11.4 Å². The van der Waals surface area contributed by atoms with Crippen molar-refractivity contribution in [3.05, 3.63) is 35.4 Å². The first-order valence-electron chi connectivity index (χ1n) is 6.94. The maximum absolute atomic E-state index is 12.6. The first kappa shape index (κ1) is 16.6. The number of alkyl halides is 3. The molecule has 1 aliphatic rings. The van der Waals surface area contributed by atoms with Crippen LogP contribution in [0.15, 0.2) is 24.3 Å². The van der Waals surface area contributed by atoms with Gasteiger partial charge in [-0.15, -0.1) is 4.72 Å². The van der Waals surface area contributed by atoms with E-state index < -0.39 is 27.8 Å². The van der Waals surface area contributed by atoms with Gasteiger partial charge in [-0.1, -0.05) is 12.1 Å². The Kier molecular flexibility index (Phi) is 4.61. The smallest absolute Gasteiger partial charge is 0.416 e. The highest BCUT2D eigenvalue weighted by molar-refractivity contribution is 7.90. The number of benzene rings is 1. The molecule has 0 aromatic heterocycles. The summed E-state index contributed by atoms with van der Waals surface area (Å²) in [5.74, 6) is 0.355. The molecule has 2 unspecified atom stereocenters. The van der Waals surface area contributed by atoms with Crippen molar-refractivity contribution in [1.82, 2.24) is 4.72 Å². The van der Waals surface area contributed by atoms with Gasteiger partial charge in [0.05, 0.1) is 11.6 Å². The monoisotopic (exact) mass is 319 g/mol.